The molecule has 0 aliphatic rings. The fraction of sp³-hybridized carbons (Fsp3) is 0.294. The van der Waals surface area contributed by atoms with Crippen LogP contribution in [0.25, 0.3) is 0 Å². The van der Waals surface area contributed by atoms with Crippen molar-refractivity contribution in [2.75, 3.05) is 7.11 Å². The van der Waals surface area contributed by atoms with Crippen LogP contribution in [0.3, 0.4) is 0 Å². The number of benzene rings is 2. The third-order valence-corrected chi connectivity index (χ3v) is 3.52. The molecule has 0 saturated heterocycles. The first-order valence-electron chi connectivity index (χ1n) is 6.86. The van der Waals surface area contributed by atoms with Crippen LogP contribution < -0.4 is 10.1 Å². The van der Waals surface area contributed by atoms with Crippen LogP contribution in [0.1, 0.15) is 37.1 Å². The summed E-state index contributed by atoms with van der Waals surface area (Å²) in [5.74, 6) is -0.105. The molecule has 0 amide bonds. The van der Waals surface area contributed by atoms with Crippen LogP contribution in [0.5, 0.6) is 5.75 Å². The smallest absolute Gasteiger partial charge is 0.131 e. The van der Waals surface area contributed by atoms with Crippen LogP contribution in [-0.2, 0) is 0 Å². The zero-order valence-corrected chi connectivity index (χ0v) is 12.4. The molecule has 0 fully saturated rings. The van der Waals surface area contributed by atoms with Gasteiger partial charge in [-0.3, -0.25) is 0 Å². The van der Waals surface area contributed by atoms with Crippen LogP contribution >= 0.6 is 0 Å². The number of hydrogen-bond acceptors (Lipinski definition) is 2. The SMILES string of the molecule is COc1ccc(C(C)N[C@@H](C)c2cccc(F)c2)c(F)c1. The lowest BCUT2D eigenvalue weighted by atomic mass is 10.0. The summed E-state index contributed by atoms with van der Waals surface area (Å²) in [6.07, 6.45) is 0. The van der Waals surface area contributed by atoms with Crippen LogP contribution in [0.4, 0.5) is 8.78 Å². The van der Waals surface area contributed by atoms with Crippen molar-refractivity contribution >= 4 is 0 Å². The summed E-state index contributed by atoms with van der Waals surface area (Å²) in [4.78, 5) is 0. The molecule has 0 aliphatic carbocycles. The maximum absolute atomic E-state index is 14.0. The quantitative estimate of drug-likeness (QED) is 0.882. The molecular formula is C17H19F2NO. The van der Waals surface area contributed by atoms with Crippen molar-refractivity contribution in [2.24, 2.45) is 0 Å². The maximum atomic E-state index is 14.0. The molecular weight excluding hydrogens is 272 g/mol. The van der Waals surface area contributed by atoms with E-state index in [4.69, 9.17) is 4.74 Å². The van der Waals surface area contributed by atoms with E-state index in [1.807, 2.05) is 19.9 Å². The highest BCUT2D eigenvalue weighted by Gasteiger charge is 2.15. The van der Waals surface area contributed by atoms with Gasteiger partial charge in [0.25, 0.3) is 0 Å². The van der Waals surface area contributed by atoms with Gasteiger partial charge in [0.05, 0.1) is 7.11 Å². The molecule has 2 rings (SSSR count). The van der Waals surface area contributed by atoms with Gasteiger partial charge in [-0.1, -0.05) is 18.2 Å². The highest BCUT2D eigenvalue weighted by molar-refractivity contribution is 5.31. The number of hydrogen-bond donors (Lipinski definition) is 1. The Morgan fingerprint density at radius 1 is 1.00 bits per heavy atom. The van der Waals surface area contributed by atoms with Gasteiger partial charge < -0.3 is 10.1 Å². The second kappa shape index (κ2) is 6.68. The third-order valence-electron chi connectivity index (χ3n) is 3.52. The zero-order valence-electron chi connectivity index (χ0n) is 12.4. The lowest BCUT2D eigenvalue weighted by Gasteiger charge is -2.21. The van der Waals surface area contributed by atoms with E-state index in [0.717, 1.165) is 5.56 Å². The normalized spacial score (nSPS) is 13.8. The summed E-state index contributed by atoms with van der Waals surface area (Å²) in [6.45, 7) is 3.80. The van der Waals surface area contributed by atoms with Crippen molar-refractivity contribution in [3.8, 4) is 5.75 Å². The topological polar surface area (TPSA) is 21.3 Å². The average molecular weight is 291 g/mol. The Bertz CT molecular complexity index is 615. The Morgan fingerprint density at radius 2 is 1.76 bits per heavy atom. The Labute approximate surface area is 123 Å². The summed E-state index contributed by atoms with van der Waals surface area (Å²) in [5.41, 5.74) is 1.38. The second-order valence-electron chi connectivity index (χ2n) is 5.05. The summed E-state index contributed by atoms with van der Waals surface area (Å²) in [5, 5.41) is 3.27. The lowest BCUT2D eigenvalue weighted by molar-refractivity contribution is 0.408. The van der Waals surface area contributed by atoms with E-state index < -0.39 is 0 Å². The molecule has 2 aromatic carbocycles. The predicted molar refractivity (Wildman–Crippen MR) is 79.3 cm³/mol. The molecule has 0 aliphatic heterocycles. The Kier molecular flexibility index (Phi) is 4.91. The van der Waals surface area contributed by atoms with Crippen molar-refractivity contribution < 1.29 is 13.5 Å². The minimum atomic E-state index is -0.319. The molecule has 1 unspecified atom stereocenters. The van der Waals surface area contributed by atoms with Crippen molar-refractivity contribution in [3.05, 3.63) is 65.2 Å². The summed E-state index contributed by atoms with van der Waals surface area (Å²) >= 11 is 0. The Morgan fingerprint density at radius 3 is 2.38 bits per heavy atom. The Hall–Kier alpha value is -1.94. The molecule has 0 bridgehead atoms. The fourth-order valence-electron chi connectivity index (χ4n) is 2.32. The number of rotatable bonds is 5. The first-order valence-corrected chi connectivity index (χ1v) is 6.86. The van der Waals surface area contributed by atoms with Gasteiger partial charge in [0, 0.05) is 23.7 Å². The second-order valence-corrected chi connectivity index (χ2v) is 5.05. The molecule has 0 saturated carbocycles. The molecule has 21 heavy (non-hydrogen) atoms. The molecule has 0 heterocycles. The maximum Gasteiger partial charge on any atom is 0.131 e. The molecule has 112 valence electrons. The van der Waals surface area contributed by atoms with Crippen LogP contribution in [-0.4, -0.2) is 7.11 Å². The lowest BCUT2D eigenvalue weighted by Crippen LogP contribution is -2.23. The number of methoxy groups -OCH3 is 1. The van der Waals surface area contributed by atoms with Gasteiger partial charge in [0.1, 0.15) is 17.4 Å². The molecule has 2 atom stereocenters. The number of nitrogens with one attached hydrogen (secondary N) is 1. The van der Waals surface area contributed by atoms with Crippen molar-refractivity contribution in [1.29, 1.82) is 0 Å². The number of ether oxygens (including phenoxy) is 1. The van der Waals surface area contributed by atoms with E-state index >= 15 is 0 Å². The van der Waals surface area contributed by atoms with Gasteiger partial charge in [-0.25, -0.2) is 8.78 Å². The van der Waals surface area contributed by atoms with Gasteiger partial charge in [-0.2, -0.15) is 0 Å². The summed E-state index contributed by atoms with van der Waals surface area (Å²) in [6, 6.07) is 10.9. The minimum Gasteiger partial charge on any atom is -0.497 e. The molecule has 2 nitrogen and oxygen atoms in total. The standard InChI is InChI=1S/C17H19F2NO/c1-11(13-5-4-6-14(18)9-13)20-12(2)16-8-7-15(21-3)10-17(16)19/h4-12,20H,1-3H3/t11-,12?/m0/s1. The third kappa shape index (κ3) is 3.79. The van der Waals surface area contributed by atoms with Gasteiger partial charge in [0.15, 0.2) is 0 Å². The summed E-state index contributed by atoms with van der Waals surface area (Å²) in [7, 11) is 1.50. The minimum absolute atomic E-state index is 0.0859. The largest absolute Gasteiger partial charge is 0.497 e. The van der Waals surface area contributed by atoms with Crippen molar-refractivity contribution in [2.45, 2.75) is 25.9 Å². The molecule has 0 spiro atoms. The first-order chi connectivity index (χ1) is 10.0. The Balaban J connectivity index is 2.12. The van der Waals surface area contributed by atoms with Gasteiger partial charge >= 0.3 is 0 Å². The van der Waals surface area contributed by atoms with E-state index in [1.165, 1.54) is 25.3 Å². The summed E-state index contributed by atoms with van der Waals surface area (Å²) < 4.78 is 32.2. The highest BCUT2D eigenvalue weighted by Crippen LogP contribution is 2.24. The van der Waals surface area contributed by atoms with Crippen LogP contribution in [0, 0.1) is 11.6 Å². The van der Waals surface area contributed by atoms with E-state index in [9.17, 15) is 8.78 Å². The molecule has 0 aromatic heterocycles. The molecule has 0 radical (unpaired) electrons. The predicted octanol–water partition coefficient (Wildman–Crippen LogP) is 4.39. The van der Waals surface area contributed by atoms with Gasteiger partial charge in [0.2, 0.25) is 0 Å². The van der Waals surface area contributed by atoms with E-state index in [-0.39, 0.29) is 23.7 Å². The zero-order chi connectivity index (χ0) is 15.4. The highest BCUT2D eigenvalue weighted by atomic mass is 19.1. The van der Waals surface area contributed by atoms with Gasteiger partial charge in [-0.15, -0.1) is 0 Å². The van der Waals surface area contributed by atoms with Crippen LogP contribution in [0.2, 0.25) is 0 Å². The van der Waals surface area contributed by atoms with Gasteiger partial charge in [-0.05, 0) is 37.6 Å². The number of halogens is 2. The van der Waals surface area contributed by atoms with Crippen molar-refractivity contribution in [1.82, 2.24) is 5.32 Å². The molecule has 2 aromatic rings. The molecule has 1 N–H and O–H groups in total. The van der Waals surface area contributed by atoms with Crippen LogP contribution in [0.15, 0.2) is 42.5 Å². The van der Waals surface area contributed by atoms with Crippen molar-refractivity contribution in [3.63, 3.8) is 0 Å². The van der Waals surface area contributed by atoms with E-state index in [0.29, 0.717) is 11.3 Å². The van der Waals surface area contributed by atoms with E-state index in [1.54, 1.807) is 18.2 Å². The molecule has 4 heteroatoms. The average Bonchev–Trinajstić information content (AvgIpc) is 2.46. The monoisotopic (exact) mass is 291 g/mol. The fourth-order valence-corrected chi connectivity index (χ4v) is 2.32. The first kappa shape index (κ1) is 15.4. The van der Waals surface area contributed by atoms with E-state index in [2.05, 4.69) is 5.32 Å².